The fourth-order valence-corrected chi connectivity index (χ4v) is 3.10. The Kier molecular flexibility index (Phi) is 5.61. The summed E-state index contributed by atoms with van der Waals surface area (Å²) in [5.74, 6) is 1.10. The summed E-state index contributed by atoms with van der Waals surface area (Å²) in [5.41, 5.74) is 0. The van der Waals surface area contributed by atoms with Gasteiger partial charge < -0.3 is 9.88 Å². The van der Waals surface area contributed by atoms with Gasteiger partial charge in [0.05, 0.1) is 4.88 Å². The van der Waals surface area contributed by atoms with Gasteiger partial charge in [0.1, 0.15) is 5.82 Å². The summed E-state index contributed by atoms with van der Waals surface area (Å²) in [5, 5.41) is 5.64. The molecule has 0 amide bonds. The maximum absolute atomic E-state index is 4.47. The first-order chi connectivity index (χ1) is 9.35. The lowest BCUT2D eigenvalue weighted by Gasteiger charge is -2.16. The van der Waals surface area contributed by atoms with E-state index in [-0.39, 0.29) is 0 Å². The van der Waals surface area contributed by atoms with Crippen LogP contribution in [0.2, 0.25) is 0 Å². The monoisotopic (exact) mass is 277 g/mol. The molecule has 0 radical (unpaired) electrons. The molecule has 0 aromatic carbocycles. The fourth-order valence-electron chi connectivity index (χ4n) is 2.37. The van der Waals surface area contributed by atoms with Crippen LogP contribution in [0, 0.1) is 0 Å². The van der Waals surface area contributed by atoms with E-state index in [0.717, 1.165) is 18.9 Å². The van der Waals surface area contributed by atoms with E-state index in [0.29, 0.717) is 6.04 Å². The van der Waals surface area contributed by atoms with E-state index >= 15 is 0 Å². The molecule has 4 heteroatoms. The molecule has 0 fully saturated rings. The number of aryl methyl sites for hydroxylation is 1. The normalized spacial score (nSPS) is 12.7. The van der Waals surface area contributed by atoms with Crippen molar-refractivity contribution in [2.45, 2.75) is 45.7 Å². The Hall–Kier alpha value is -1.13. The van der Waals surface area contributed by atoms with Gasteiger partial charge in [0.15, 0.2) is 0 Å². The zero-order chi connectivity index (χ0) is 13.5. The second kappa shape index (κ2) is 7.46. The fraction of sp³-hybridized carbons (Fsp3) is 0.533. The maximum Gasteiger partial charge on any atom is 0.149 e. The molecule has 0 bridgehead atoms. The molecule has 2 aromatic rings. The molecule has 2 heterocycles. The summed E-state index contributed by atoms with van der Waals surface area (Å²) in [7, 11) is 0. The van der Waals surface area contributed by atoms with E-state index in [1.807, 2.05) is 6.20 Å². The number of hydrogen-bond donors (Lipinski definition) is 1. The molecule has 104 valence electrons. The number of nitrogens with zero attached hydrogens (tertiary/aromatic N) is 2. The van der Waals surface area contributed by atoms with Gasteiger partial charge in [-0.25, -0.2) is 4.98 Å². The van der Waals surface area contributed by atoms with Crippen LogP contribution in [0.5, 0.6) is 0 Å². The molecule has 0 aliphatic heterocycles. The minimum atomic E-state index is 0.652. The van der Waals surface area contributed by atoms with Crippen molar-refractivity contribution in [1.82, 2.24) is 14.9 Å². The van der Waals surface area contributed by atoms with Crippen molar-refractivity contribution < 1.29 is 0 Å². The van der Waals surface area contributed by atoms with Crippen LogP contribution in [-0.2, 0) is 6.54 Å². The van der Waals surface area contributed by atoms with Gasteiger partial charge in [0, 0.05) is 25.0 Å². The third-order valence-electron chi connectivity index (χ3n) is 3.39. The van der Waals surface area contributed by atoms with E-state index in [1.54, 1.807) is 11.3 Å². The second-order valence-electron chi connectivity index (χ2n) is 4.73. The Labute approximate surface area is 119 Å². The minimum absolute atomic E-state index is 0.652. The topological polar surface area (TPSA) is 29.9 Å². The maximum atomic E-state index is 4.47. The van der Waals surface area contributed by atoms with E-state index in [2.05, 4.69) is 52.4 Å². The Morgan fingerprint density at radius 2 is 2.32 bits per heavy atom. The van der Waals surface area contributed by atoms with Crippen LogP contribution in [-0.4, -0.2) is 22.1 Å². The van der Waals surface area contributed by atoms with Crippen molar-refractivity contribution in [3.8, 4) is 10.7 Å². The number of thiophene rings is 1. The second-order valence-corrected chi connectivity index (χ2v) is 5.67. The molecule has 0 saturated carbocycles. The number of aromatic nitrogens is 2. The van der Waals surface area contributed by atoms with E-state index in [1.165, 1.54) is 24.1 Å². The average Bonchev–Trinajstić information content (AvgIpc) is 3.08. The van der Waals surface area contributed by atoms with E-state index < -0.39 is 0 Å². The van der Waals surface area contributed by atoms with Crippen LogP contribution in [0.4, 0.5) is 0 Å². The molecule has 1 atom stereocenters. The first kappa shape index (κ1) is 14.3. The molecular formula is C15H23N3S. The summed E-state index contributed by atoms with van der Waals surface area (Å²) in [6.45, 7) is 6.54. The Morgan fingerprint density at radius 1 is 1.42 bits per heavy atom. The molecule has 1 N–H and O–H groups in total. The lowest BCUT2D eigenvalue weighted by molar-refractivity contribution is 0.449. The van der Waals surface area contributed by atoms with Gasteiger partial charge in [-0.3, -0.25) is 0 Å². The summed E-state index contributed by atoms with van der Waals surface area (Å²) in [4.78, 5) is 5.72. The summed E-state index contributed by atoms with van der Waals surface area (Å²) in [6, 6.07) is 4.87. The van der Waals surface area contributed by atoms with Gasteiger partial charge in [-0.1, -0.05) is 19.9 Å². The Morgan fingerprint density at radius 3 is 3.00 bits per heavy atom. The van der Waals surface area contributed by atoms with Gasteiger partial charge >= 0.3 is 0 Å². The van der Waals surface area contributed by atoms with Crippen LogP contribution in [0.15, 0.2) is 29.9 Å². The van der Waals surface area contributed by atoms with Gasteiger partial charge in [0.25, 0.3) is 0 Å². The lowest BCUT2D eigenvalue weighted by atomic mass is 10.1. The third kappa shape index (κ3) is 3.91. The predicted molar refractivity (Wildman–Crippen MR) is 82.5 cm³/mol. The molecule has 1 unspecified atom stereocenters. The zero-order valence-electron chi connectivity index (χ0n) is 11.8. The minimum Gasteiger partial charge on any atom is -0.330 e. The molecule has 0 aliphatic rings. The lowest BCUT2D eigenvalue weighted by Crippen LogP contribution is -2.28. The van der Waals surface area contributed by atoms with Gasteiger partial charge in [-0.2, -0.15) is 0 Å². The molecular weight excluding hydrogens is 254 g/mol. The molecule has 3 nitrogen and oxygen atoms in total. The van der Waals surface area contributed by atoms with Crippen molar-refractivity contribution in [1.29, 1.82) is 0 Å². The van der Waals surface area contributed by atoms with Crippen LogP contribution in [0.25, 0.3) is 10.7 Å². The van der Waals surface area contributed by atoms with Crippen molar-refractivity contribution in [3.63, 3.8) is 0 Å². The standard InChI is InChI=1S/C15H23N3S/c1-3-13(16-4-2)7-5-10-18-11-9-17-15(18)14-8-6-12-19-14/h6,8-9,11-13,16H,3-5,7,10H2,1-2H3. The van der Waals surface area contributed by atoms with Crippen LogP contribution >= 0.6 is 11.3 Å². The zero-order valence-corrected chi connectivity index (χ0v) is 12.6. The number of hydrogen-bond acceptors (Lipinski definition) is 3. The van der Waals surface area contributed by atoms with Crippen molar-refractivity contribution >= 4 is 11.3 Å². The Bertz CT molecular complexity index is 461. The first-order valence-electron chi connectivity index (χ1n) is 7.13. The first-order valence-corrected chi connectivity index (χ1v) is 8.01. The highest BCUT2D eigenvalue weighted by molar-refractivity contribution is 7.13. The Balaban J connectivity index is 1.88. The summed E-state index contributed by atoms with van der Waals surface area (Å²) in [6.07, 6.45) is 7.61. The largest absolute Gasteiger partial charge is 0.330 e. The highest BCUT2D eigenvalue weighted by atomic mass is 32.1. The highest BCUT2D eigenvalue weighted by Gasteiger charge is 2.08. The van der Waals surface area contributed by atoms with Crippen LogP contribution in [0.3, 0.4) is 0 Å². The molecule has 0 saturated heterocycles. The van der Waals surface area contributed by atoms with Crippen molar-refractivity contribution in [2.75, 3.05) is 6.54 Å². The summed E-state index contributed by atoms with van der Waals surface area (Å²) >= 11 is 1.75. The number of rotatable bonds is 8. The summed E-state index contributed by atoms with van der Waals surface area (Å²) < 4.78 is 2.27. The van der Waals surface area contributed by atoms with Gasteiger partial charge in [0.2, 0.25) is 0 Å². The van der Waals surface area contributed by atoms with Gasteiger partial charge in [-0.15, -0.1) is 11.3 Å². The molecule has 2 rings (SSSR count). The van der Waals surface area contributed by atoms with E-state index in [4.69, 9.17) is 0 Å². The predicted octanol–water partition coefficient (Wildman–Crippen LogP) is 3.78. The highest BCUT2D eigenvalue weighted by Crippen LogP contribution is 2.23. The van der Waals surface area contributed by atoms with Gasteiger partial charge in [-0.05, 0) is 37.3 Å². The molecule has 0 aliphatic carbocycles. The smallest absolute Gasteiger partial charge is 0.149 e. The molecule has 0 spiro atoms. The third-order valence-corrected chi connectivity index (χ3v) is 4.26. The number of nitrogens with one attached hydrogen (secondary N) is 1. The van der Waals surface area contributed by atoms with E-state index in [9.17, 15) is 0 Å². The quantitative estimate of drug-likeness (QED) is 0.796. The van der Waals surface area contributed by atoms with Crippen molar-refractivity contribution in [2.24, 2.45) is 0 Å². The average molecular weight is 277 g/mol. The molecule has 2 aromatic heterocycles. The van der Waals surface area contributed by atoms with Crippen LogP contribution < -0.4 is 5.32 Å². The van der Waals surface area contributed by atoms with Crippen molar-refractivity contribution in [3.05, 3.63) is 29.9 Å². The van der Waals surface area contributed by atoms with Crippen LogP contribution in [0.1, 0.15) is 33.1 Å². The number of imidazole rings is 1. The SMILES string of the molecule is CCNC(CC)CCCn1ccnc1-c1cccs1. The molecule has 19 heavy (non-hydrogen) atoms.